The average molecular weight is 319 g/mol. The van der Waals surface area contributed by atoms with Gasteiger partial charge in [-0.15, -0.1) is 0 Å². The first-order valence-electron chi connectivity index (χ1n) is 9.01. The maximum absolute atomic E-state index is 5.71. The van der Waals surface area contributed by atoms with E-state index in [-0.39, 0.29) is 0 Å². The lowest BCUT2D eigenvalue weighted by Crippen LogP contribution is -2.35. The Morgan fingerprint density at radius 2 is 1.87 bits per heavy atom. The molecule has 0 aromatic heterocycles. The van der Waals surface area contributed by atoms with Gasteiger partial charge in [0.25, 0.3) is 0 Å². The van der Waals surface area contributed by atoms with Crippen LogP contribution in [0.15, 0.2) is 24.3 Å². The first-order chi connectivity index (χ1) is 11.1. The van der Waals surface area contributed by atoms with E-state index in [0.717, 1.165) is 30.2 Å². The quantitative estimate of drug-likeness (QED) is 0.665. The molecule has 0 N–H and O–H groups in total. The van der Waals surface area contributed by atoms with E-state index in [1.54, 1.807) is 7.11 Å². The normalized spacial score (nSPS) is 21.8. The molecule has 1 saturated carbocycles. The molecule has 3 heteroatoms. The number of rotatable bonds is 8. The summed E-state index contributed by atoms with van der Waals surface area (Å²) in [5.74, 6) is 2.70. The molecule has 0 amide bonds. The minimum atomic E-state index is 0.606. The molecule has 130 valence electrons. The Hall–Kier alpha value is -1.06. The second-order valence-electron chi connectivity index (χ2n) is 7.22. The predicted octanol–water partition coefficient (Wildman–Crippen LogP) is 4.36. The minimum Gasteiger partial charge on any atom is -0.491 e. The van der Waals surface area contributed by atoms with Crippen molar-refractivity contribution in [3.63, 3.8) is 0 Å². The Morgan fingerprint density at radius 3 is 2.52 bits per heavy atom. The van der Waals surface area contributed by atoms with Gasteiger partial charge in [-0.3, -0.25) is 4.90 Å². The summed E-state index contributed by atoms with van der Waals surface area (Å²) in [5, 5.41) is 0. The number of hydrogen-bond acceptors (Lipinski definition) is 3. The molecule has 3 nitrogen and oxygen atoms in total. The van der Waals surface area contributed by atoms with Crippen molar-refractivity contribution in [1.29, 1.82) is 0 Å². The monoisotopic (exact) mass is 319 g/mol. The summed E-state index contributed by atoms with van der Waals surface area (Å²) in [6.07, 6.45) is 5.44. The number of ether oxygens (including phenoxy) is 2. The standard InChI is InChI=1S/C20H33NO2/c1-16(2)18-8-10-19(11-9-18)21(3)15-17-6-5-7-20(14-17)23-13-12-22-4/h5-7,14,16,18-19H,8-13,15H2,1-4H3/t18-,19+. The molecule has 0 aliphatic heterocycles. The first-order valence-corrected chi connectivity index (χ1v) is 9.01. The lowest BCUT2D eigenvalue weighted by Gasteiger charge is -2.36. The molecule has 2 rings (SSSR count). The van der Waals surface area contributed by atoms with Gasteiger partial charge in [0, 0.05) is 19.7 Å². The van der Waals surface area contributed by atoms with Gasteiger partial charge in [-0.05, 0) is 62.3 Å². The summed E-state index contributed by atoms with van der Waals surface area (Å²) in [6.45, 7) is 6.96. The highest BCUT2D eigenvalue weighted by atomic mass is 16.5. The third kappa shape index (κ3) is 5.82. The summed E-state index contributed by atoms with van der Waals surface area (Å²) in [7, 11) is 3.96. The Labute approximate surface area is 142 Å². The van der Waals surface area contributed by atoms with Crippen molar-refractivity contribution in [2.24, 2.45) is 11.8 Å². The molecule has 1 aromatic carbocycles. The average Bonchev–Trinajstić information content (AvgIpc) is 2.55. The second kappa shape index (κ2) is 9.29. The van der Waals surface area contributed by atoms with E-state index in [0.29, 0.717) is 13.2 Å². The highest BCUT2D eigenvalue weighted by Crippen LogP contribution is 2.32. The van der Waals surface area contributed by atoms with Crippen LogP contribution in [0.1, 0.15) is 45.1 Å². The molecule has 0 atom stereocenters. The Balaban J connectivity index is 1.83. The molecular formula is C20H33NO2. The molecular weight excluding hydrogens is 286 g/mol. The van der Waals surface area contributed by atoms with Crippen molar-refractivity contribution in [2.75, 3.05) is 27.4 Å². The van der Waals surface area contributed by atoms with Gasteiger partial charge in [0.05, 0.1) is 6.61 Å². The highest BCUT2D eigenvalue weighted by Gasteiger charge is 2.25. The molecule has 0 spiro atoms. The van der Waals surface area contributed by atoms with Crippen molar-refractivity contribution in [3.8, 4) is 5.75 Å². The second-order valence-corrected chi connectivity index (χ2v) is 7.22. The van der Waals surface area contributed by atoms with Crippen molar-refractivity contribution < 1.29 is 9.47 Å². The van der Waals surface area contributed by atoms with Crippen LogP contribution in [0.4, 0.5) is 0 Å². The van der Waals surface area contributed by atoms with Crippen molar-refractivity contribution in [2.45, 2.75) is 52.1 Å². The third-order valence-electron chi connectivity index (χ3n) is 5.19. The maximum atomic E-state index is 5.71. The Kier molecular flexibility index (Phi) is 7.38. The molecule has 1 aliphatic rings. The van der Waals surface area contributed by atoms with Crippen LogP contribution in [0.2, 0.25) is 0 Å². The van der Waals surface area contributed by atoms with Crippen LogP contribution in [0, 0.1) is 11.8 Å². The van der Waals surface area contributed by atoms with E-state index in [2.05, 4.69) is 44.0 Å². The number of nitrogens with zero attached hydrogens (tertiary/aromatic N) is 1. The first kappa shape index (κ1) is 18.3. The van der Waals surface area contributed by atoms with Gasteiger partial charge in [-0.25, -0.2) is 0 Å². The topological polar surface area (TPSA) is 21.7 Å². The van der Waals surface area contributed by atoms with Crippen LogP contribution >= 0.6 is 0 Å². The van der Waals surface area contributed by atoms with Crippen molar-refractivity contribution >= 4 is 0 Å². The zero-order chi connectivity index (χ0) is 16.7. The van der Waals surface area contributed by atoms with Crippen LogP contribution in [0.5, 0.6) is 5.75 Å². The van der Waals surface area contributed by atoms with Crippen LogP contribution < -0.4 is 4.74 Å². The zero-order valence-electron chi connectivity index (χ0n) is 15.3. The Morgan fingerprint density at radius 1 is 1.13 bits per heavy atom. The number of hydrogen-bond donors (Lipinski definition) is 0. The molecule has 0 unspecified atom stereocenters. The minimum absolute atomic E-state index is 0.606. The summed E-state index contributed by atoms with van der Waals surface area (Å²) in [5.41, 5.74) is 1.33. The van der Waals surface area contributed by atoms with E-state index < -0.39 is 0 Å². The summed E-state index contributed by atoms with van der Waals surface area (Å²) in [4.78, 5) is 2.52. The van der Waals surface area contributed by atoms with Crippen LogP contribution in [-0.4, -0.2) is 38.3 Å². The maximum Gasteiger partial charge on any atom is 0.119 e. The van der Waals surface area contributed by atoms with Gasteiger partial charge in [0.15, 0.2) is 0 Å². The van der Waals surface area contributed by atoms with Gasteiger partial charge in [0.1, 0.15) is 12.4 Å². The largest absolute Gasteiger partial charge is 0.491 e. The smallest absolute Gasteiger partial charge is 0.119 e. The molecule has 0 heterocycles. The van der Waals surface area contributed by atoms with E-state index >= 15 is 0 Å². The van der Waals surface area contributed by atoms with Gasteiger partial charge in [-0.2, -0.15) is 0 Å². The molecule has 0 saturated heterocycles. The van der Waals surface area contributed by atoms with Crippen LogP contribution in [0.3, 0.4) is 0 Å². The zero-order valence-corrected chi connectivity index (χ0v) is 15.3. The van der Waals surface area contributed by atoms with Crippen LogP contribution in [-0.2, 0) is 11.3 Å². The third-order valence-corrected chi connectivity index (χ3v) is 5.19. The lowest BCUT2D eigenvalue weighted by atomic mass is 9.79. The molecule has 1 aromatic rings. The summed E-state index contributed by atoms with van der Waals surface area (Å²) in [6, 6.07) is 9.18. The van der Waals surface area contributed by atoms with Gasteiger partial charge < -0.3 is 9.47 Å². The lowest BCUT2D eigenvalue weighted by molar-refractivity contribution is 0.141. The fourth-order valence-corrected chi connectivity index (χ4v) is 3.60. The number of methoxy groups -OCH3 is 1. The van der Waals surface area contributed by atoms with E-state index in [9.17, 15) is 0 Å². The molecule has 23 heavy (non-hydrogen) atoms. The van der Waals surface area contributed by atoms with Gasteiger partial charge in [0.2, 0.25) is 0 Å². The predicted molar refractivity (Wildman–Crippen MR) is 95.9 cm³/mol. The number of benzene rings is 1. The molecule has 0 bridgehead atoms. The van der Waals surface area contributed by atoms with E-state index in [1.807, 2.05) is 6.07 Å². The fourth-order valence-electron chi connectivity index (χ4n) is 3.60. The SMILES string of the molecule is COCCOc1cccc(CN(C)[C@H]2CC[C@@H](C(C)C)CC2)c1. The highest BCUT2D eigenvalue weighted by molar-refractivity contribution is 5.28. The van der Waals surface area contributed by atoms with Crippen molar-refractivity contribution in [1.82, 2.24) is 4.90 Å². The summed E-state index contributed by atoms with van der Waals surface area (Å²) < 4.78 is 10.7. The molecule has 1 aliphatic carbocycles. The van der Waals surface area contributed by atoms with Gasteiger partial charge >= 0.3 is 0 Å². The summed E-state index contributed by atoms with van der Waals surface area (Å²) >= 11 is 0. The fraction of sp³-hybridized carbons (Fsp3) is 0.700. The van der Waals surface area contributed by atoms with E-state index in [1.165, 1.54) is 31.2 Å². The Bertz CT molecular complexity index is 453. The molecule has 1 fully saturated rings. The molecule has 0 radical (unpaired) electrons. The van der Waals surface area contributed by atoms with Crippen molar-refractivity contribution in [3.05, 3.63) is 29.8 Å². The van der Waals surface area contributed by atoms with Crippen LogP contribution in [0.25, 0.3) is 0 Å². The van der Waals surface area contributed by atoms with E-state index in [4.69, 9.17) is 9.47 Å². The van der Waals surface area contributed by atoms with Gasteiger partial charge in [-0.1, -0.05) is 26.0 Å².